The molecule has 0 unspecified atom stereocenters. The van der Waals surface area contributed by atoms with Crippen LogP contribution >= 0.6 is 0 Å². The average Bonchev–Trinajstić information content (AvgIpc) is 2.74. The van der Waals surface area contributed by atoms with Crippen LogP contribution in [0.5, 0.6) is 0 Å². The Morgan fingerprint density at radius 2 is 1.86 bits per heavy atom. The number of carbonyl (C=O) groups excluding carboxylic acids is 1. The molecule has 0 amide bonds. The fraction of sp³-hybridized carbons (Fsp3) is 0.533. The third kappa shape index (κ3) is 4.28. The Labute approximate surface area is 131 Å². The van der Waals surface area contributed by atoms with Gasteiger partial charge in [-0.1, -0.05) is 18.2 Å². The molecule has 122 valence electrons. The molecule has 1 aliphatic heterocycles. The van der Waals surface area contributed by atoms with E-state index < -0.39 is 10.0 Å². The molecule has 0 N–H and O–H groups in total. The van der Waals surface area contributed by atoms with E-state index in [0.29, 0.717) is 44.1 Å². The SMILES string of the molecule is CCOC(=O)CN1CCCN(S(=O)(=O)c2ccccc2)CC1. The average molecular weight is 326 g/mol. The number of carbonyl (C=O) groups is 1. The molecule has 7 heteroatoms. The van der Waals surface area contributed by atoms with E-state index in [9.17, 15) is 13.2 Å². The van der Waals surface area contributed by atoms with Crippen LogP contribution < -0.4 is 0 Å². The second-order valence-corrected chi connectivity index (χ2v) is 7.09. The van der Waals surface area contributed by atoms with Crippen molar-refractivity contribution >= 4 is 16.0 Å². The van der Waals surface area contributed by atoms with E-state index in [1.54, 1.807) is 37.3 Å². The largest absolute Gasteiger partial charge is 0.465 e. The molecule has 6 nitrogen and oxygen atoms in total. The van der Waals surface area contributed by atoms with E-state index in [1.165, 1.54) is 4.31 Å². The normalized spacial score (nSPS) is 17.9. The molecule has 1 heterocycles. The van der Waals surface area contributed by atoms with E-state index in [2.05, 4.69) is 0 Å². The quantitative estimate of drug-likeness (QED) is 0.754. The number of nitrogens with zero attached hydrogens (tertiary/aromatic N) is 2. The number of esters is 1. The van der Waals surface area contributed by atoms with Crippen LogP contribution in [-0.2, 0) is 19.6 Å². The van der Waals surface area contributed by atoms with Gasteiger partial charge in [0.25, 0.3) is 0 Å². The van der Waals surface area contributed by atoms with E-state index in [0.717, 1.165) is 0 Å². The standard InChI is InChI=1S/C15H22N2O4S/c1-2-21-15(18)13-16-9-6-10-17(12-11-16)22(19,20)14-7-4-3-5-8-14/h3-5,7-8H,2,6,9-13H2,1H3. The Balaban J connectivity index is 2.00. The third-order valence-electron chi connectivity index (χ3n) is 3.59. The van der Waals surface area contributed by atoms with Crippen molar-refractivity contribution in [3.8, 4) is 0 Å². The van der Waals surface area contributed by atoms with Gasteiger partial charge in [-0.3, -0.25) is 9.69 Å². The van der Waals surface area contributed by atoms with Gasteiger partial charge in [0.15, 0.2) is 0 Å². The summed E-state index contributed by atoms with van der Waals surface area (Å²) in [6, 6.07) is 8.45. The van der Waals surface area contributed by atoms with Crippen molar-refractivity contribution in [2.24, 2.45) is 0 Å². The lowest BCUT2D eigenvalue weighted by Gasteiger charge is -2.21. The van der Waals surface area contributed by atoms with Gasteiger partial charge in [0, 0.05) is 26.2 Å². The highest BCUT2D eigenvalue weighted by atomic mass is 32.2. The molecule has 1 aromatic carbocycles. The van der Waals surface area contributed by atoms with Crippen molar-refractivity contribution in [1.29, 1.82) is 0 Å². The van der Waals surface area contributed by atoms with E-state index in [4.69, 9.17) is 4.74 Å². The number of rotatable bonds is 5. The van der Waals surface area contributed by atoms with Crippen LogP contribution in [0.4, 0.5) is 0 Å². The van der Waals surface area contributed by atoms with Gasteiger partial charge in [0.2, 0.25) is 10.0 Å². The molecule has 2 rings (SSSR count). The van der Waals surface area contributed by atoms with Gasteiger partial charge in [0.05, 0.1) is 18.0 Å². The van der Waals surface area contributed by atoms with Gasteiger partial charge in [-0.05, 0) is 25.5 Å². The topological polar surface area (TPSA) is 66.9 Å². The summed E-state index contributed by atoms with van der Waals surface area (Å²) in [4.78, 5) is 13.8. The van der Waals surface area contributed by atoms with E-state index >= 15 is 0 Å². The van der Waals surface area contributed by atoms with Crippen molar-refractivity contribution in [3.63, 3.8) is 0 Å². The van der Waals surface area contributed by atoms with Gasteiger partial charge >= 0.3 is 5.97 Å². The van der Waals surface area contributed by atoms with Crippen LogP contribution in [0.2, 0.25) is 0 Å². The lowest BCUT2D eigenvalue weighted by molar-refractivity contribution is -0.144. The molecule has 1 aliphatic rings. The van der Waals surface area contributed by atoms with Crippen LogP contribution in [0, 0.1) is 0 Å². The highest BCUT2D eigenvalue weighted by Crippen LogP contribution is 2.17. The number of sulfonamides is 1. The lowest BCUT2D eigenvalue weighted by Crippen LogP contribution is -2.37. The zero-order chi connectivity index (χ0) is 16.0. The fourth-order valence-corrected chi connectivity index (χ4v) is 3.97. The van der Waals surface area contributed by atoms with Gasteiger partial charge < -0.3 is 4.74 Å². The highest BCUT2D eigenvalue weighted by molar-refractivity contribution is 7.89. The minimum atomic E-state index is -3.46. The molecule has 0 bridgehead atoms. The lowest BCUT2D eigenvalue weighted by atomic mass is 10.4. The summed E-state index contributed by atoms with van der Waals surface area (Å²) in [5.74, 6) is -0.262. The molecule has 0 aliphatic carbocycles. The Kier molecular flexibility index (Phi) is 5.93. The van der Waals surface area contributed by atoms with Crippen LogP contribution in [0.1, 0.15) is 13.3 Å². The van der Waals surface area contributed by atoms with Gasteiger partial charge in [-0.15, -0.1) is 0 Å². The first-order valence-electron chi connectivity index (χ1n) is 7.47. The molecule has 22 heavy (non-hydrogen) atoms. The zero-order valence-corrected chi connectivity index (χ0v) is 13.6. The predicted octanol–water partition coefficient (Wildman–Crippen LogP) is 0.946. The Morgan fingerprint density at radius 1 is 1.14 bits per heavy atom. The zero-order valence-electron chi connectivity index (χ0n) is 12.8. The molecule has 0 atom stereocenters. The predicted molar refractivity (Wildman–Crippen MR) is 82.9 cm³/mol. The van der Waals surface area contributed by atoms with Crippen LogP contribution in [0.3, 0.4) is 0 Å². The van der Waals surface area contributed by atoms with Crippen molar-refractivity contribution in [2.75, 3.05) is 39.3 Å². The Morgan fingerprint density at radius 3 is 2.55 bits per heavy atom. The van der Waals surface area contributed by atoms with Crippen molar-refractivity contribution in [2.45, 2.75) is 18.2 Å². The van der Waals surface area contributed by atoms with Crippen LogP contribution in [0.15, 0.2) is 35.2 Å². The molecule has 0 spiro atoms. The van der Waals surface area contributed by atoms with Crippen LogP contribution in [0.25, 0.3) is 0 Å². The Hall–Kier alpha value is -1.44. The second kappa shape index (κ2) is 7.71. The molecule has 1 saturated heterocycles. The number of hydrogen-bond acceptors (Lipinski definition) is 5. The maximum Gasteiger partial charge on any atom is 0.320 e. The maximum atomic E-state index is 12.6. The monoisotopic (exact) mass is 326 g/mol. The van der Waals surface area contributed by atoms with Crippen molar-refractivity contribution in [1.82, 2.24) is 9.21 Å². The molecule has 0 radical (unpaired) electrons. The molecule has 0 saturated carbocycles. The van der Waals surface area contributed by atoms with Crippen molar-refractivity contribution in [3.05, 3.63) is 30.3 Å². The minimum Gasteiger partial charge on any atom is -0.465 e. The summed E-state index contributed by atoms with van der Waals surface area (Å²) in [5.41, 5.74) is 0. The molecular weight excluding hydrogens is 304 g/mol. The summed E-state index contributed by atoms with van der Waals surface area (Å²) in [6.07, 6.45) is 0.700. The first kappa shape index (κ1) is 16.9. The van der Waals surface area contributed by atoms with Crippen molar-refractivity contribution < 1.29 is 17.9 Å². The van der Waals surface area contributed by atoms with Crippen LogP contribution in [-0.4, -0.2) is 62.9 Å². The second-order valence-electron chi connectivity index (χ2n) is 5.15. The first-order chi connectivity index (χ1) is 10.5. The van der Waals surface area contributed by atoms with E-state index in [1.807, 2.05) is 4.90 Å². The molecule has 1 fully saturated rings. The number of ether oxygens (including phenoxy) is 1. The third-order valence-corrected chi connectivity index (χ3v) is 5.50. The smallest absolute Gasteiger partial charge is 0.320 e. The summed E-state index contributed by atoms with van der Waals surface area (Å²) < 4.78 is 31.6. The van der Waals surface area contributed by atoms with Gasteiger partial charge in [-0.2, -0.15) is 4.31 Å². The summed E-state index contributed by atoms with van der Waals surface area (Å²) in [6.45, 7) is 4.43. The number of benzene rings is 1. The summed E-state index contributed by atoms with van der Waals surface area (Å²) in [7, 11) is -3.46. The fourth-order valence-electron chi connectivity index (χ4n) is 2.48. The van der Waals surface area contributed by atoms with Gasteiger partial charge in [0.1, 0.15) is 0 Å². The minimum absolute atomic E-state index is 0.215. The molecular formula is C15H22N2O4S. The Bertz CT molecular complexity index is 589. The molecule has 1 aromatic rings. The van der Waals surface area contributed by atoms with E-state index in [-0.39, 0.29) is 12.5 Å². The number of hydrogen-bond donors (Lipinski definition) is 0. The maximum absolute atomic E-state index is 12.6. The summed E-state index contributed by atoms with van der Waals surface area (Å²) in [5, 5.41) is 0. The summed E-state index contributed by atoms with van der Waals surface area (Å²) >= 11 is 0. The van der Waals surface area contributed by atoms with Gasteiger partial charge in [-0.25, -0.2) is 8.42 Å². The highest BCUT2D eigenvalue weighted by Gasteiger charge is 2.27. The first-order valence-corrected chi connectivity index (χ1v) is 8.91. The molecule has 0 aromatic heterocycles.